The van der Waals surface area contributed by atoms with E-state index in [0.29, 0.717) is 67.4 Å². The molecule has 62 heavy (non-hydrogen) atoms. The molecule has 16 heteroatoms. The average Bonchev–Trinajstić information content (AvgIpc) is 3.94. The fourth-order valence-corrected chi connectivity index (χ4v) is 13.6. The lowest BCUT2D eigenvalue weighted by molar-refractivity contribution is -0.145. The van der Waals surface area contributed by atoms with E-state index < -0.39 is 69.3 Å². The molecule has 3 fully saturated rings. The van der Waals surface area contributed by atoms with Crippen molar-refractivity contribution < 1.29 is 39.0 Å². The summed E-state index contributed by atoms with van der Waals surface area (Å²) < 4.78 is 0.866. The summed E-state index contributed by atoms with van der Waals surface area (Å²) in [6.45, 7) is 8.87. The molecular weight excluding hydrogens is 858 g/mol. The van der Waals surface area contributed by atoms with Gasteiger partial charge in [-0.3, -0.25) is 39.6 Å². The minimum Gasteiger partial charge on any atom is -0.465 e. The maximum Gasteiger partial charge on any atom is 0.411 e. The molecule has 15 nitrogen and oxygen atoms in total. The number of imide groups is 2. The number of amides is 6. The number of nitrogens with one attached hydrogen (secondary N) is 2. The van der Waals surface area contributed by atoms with Gasteiger partial charge in [0.1, 0.15) is 11.1 Å². The van der Waals surface area contributed by atoms with Crippen molar-refractivity contribution in [3.05, 3.63) is 99.5 Å². The lowest BCUT2D eigenvalue weighted by atomic mass is 9.56. The van der Waals surface area contributed by atoms with Crippen molar-refractivity contribution in [3.8, 4) is 0 Å². The van der Waals surface area contributed by atoms with Gasteiger partial charge < -0.3 is 26.6 Å². The first-order valence-electron chi connectivity index (χ1n) is 21.2. The van der Waals surface area contributed by atoms with Crippen LogP contribution in [0.5, 0.6) is 0 Å². The fourth-order valence-electron chi connectivity index (χ4n) is 13.3. The van der Waals surface area contributed by atoms with Gasteiger partial charge in [0.15, 0.2) is 0 Å². The van der Waals surface area contributed by atoms with E-state index in [1.54, 1.807) is 0 Å². The zero-order chi connectivity index (χ0) is 44.7. The minimum atomic E-state index is -1.64. The highest BCUT2D eigenvalue weighted by molar-refractivity contribution is 9.10. The first-order chi connectivity index (χ1) is 29.3. The molecule has 7 aliphatic rings. The quantitative estimate of drug-likeness (QED) is 0.150. The van der Waals surface area contributed by atoms with Crippen LogP contribution in [0, 0.1) is 5.92 Å². The molecule has 5 unspecified atom stereocenters. The summed E-state index contributed by atoms with van der Waals surface area (Å²) >= 11 is 3.62. The molecule has 6 amide bonds. The van der Waals surface area contributed by atoms with Crippen molar-refractivity contribution in [2.24, 2.45) is 17.4 Å². The smallest absolute Gasteiger partial charge is 0.411 e. The molecule has 3 aromatic carbocycles. The Kier molecular flexibility index (Phi) is 10.6. The molecule has 3 heterocycles. The van der Waals surface area contributed by atoms with Gasteiger partial charge in [-0.25, -0.2) is 9.59 Å². The van der Waals surface area contributed by atoms with E-state index in [2.05, 4.69) is 55.1 Å². The van der Waals surface area contributed by atoms with E-state index in [-0.39, 0.29) is 30.8 Å². The van der Waals surface area contributed by atoms with Gasteiger partial charge in [-0.05, 0) is 105 Å². The van der Waals surface area contributed by atoms with Gasteiger partial charge in [0.05, 0.1) is 5.54 Å². The van der Waals surface area contributed by atoms with Crippen molar-refractivity contribution in [1.82, 2.24) is 20.4 Å². The third kappa shape index (κ3) is 5.95. The van der Waals surface area contributed by atoms with Crippen molar-refractivity contribution >= 4 is 57.4 Å². The number of hydrogen-bond donors (Lipinski definition) is 6. The van der Waals surface area contributed by atoms with Crippen molar-refractivity contribution in [1.29, 1.82) is 0 Å². The summed E-state index contributed by atoms with van der Waals surface area (Å²) in [5.74, 6) is -2.85. The Hall–Kier alpha value is -5.32. The summed E-state index contributed by atoms with van der Waals surface area (Å²) in [7, 11) is 0. The van der Waals surface area contributed by atoms with Crippen LogP contribution < -0.4 is 27.0 Å². The zero-order valence-electron chi connectivity index (χ0n) is 35.3. The van der Waals surface area contributed by atoms with Crippen LogP contribution in [0.3, 0.4) is 0 Å². The van der Waals surface area contributed by atoms with Gasteiger partial charge in [-0.2, -0.15) is 0 Å². The van der Waals surface area contributed by atoms with Crippen LogP contribution in [-0.4, -0.2) is 92.6 Å². The van der Waals surface area contributed by atoms with Crippen LogP contribution in [0.1, 0.15) is 94.9 Å². The maximum absolute atomic E-state index is 15.0. The van der Waals surface area contributed by atoms with Crippen LogP contribution in [-0.2, 0) is 41.1 Å². The van der Waals surface area contributed by atoms with Gasteiger partial charge >= 0.3 is 12.2 Å². The van der Waals surface area contributed by atoms with Crippen LogP contribution in [0.15, 0.2) is 77.3 Å². The molecule has 9 atom stereocenters. The number of carbonyl (C=O) groups is 6. The second kappa shape index (κ2) is 15.2. The predicted octanol–water partition coefficient (Wildman–Crippen LogP) is 5.02. The molecule has 0 radical (unpaired) electrons. The van der Waals surface area contributed by atoms with Gasteiger partial charge in [-0.15, -0.1) is 0 Å². The number of carboxylic acid groups (broad SMARTS) is 2. The number of hydrogen-bond acceptors (Lipinski definition) is 9. The second-order valence-electron chi connectivity index (χ2n) is 18.6. The Bertz CT molecular complexity index is 2350. The van der Waals surface area contributed by atoms with E-state index in [4.69, 9.17) is 11.5 Å². The van der Waals surface area contributed by atoms with E-state index in [0.717, 1.165) is 10.2 Å². The summed E-state index contributed by atoms with van der Waals surface area (Å²) in [5.41, 5.74) is 8.81. The average molecular weight is 913 g/mol. The Labute approximate surface area is 368 Å². The molecule has 328 valence electrons. The summed E-state index contributed by atoms with van der Waals surface area (Å²) in [6, 6.07) is 21.8. The van der Waals surface area contributed by atoms with Crippen LogP contribution >= 0.6 is 15.9 Å². The largest absolute Gasteiger partial charge is 0.465 e. The van der Waals surface area contributed by atoms with E-state index in [1.165, 1.54) is 0 Å². The van der Waals surface area contributed by atoms with E-state index in [9.17, 15) is 39.0 Å². The number of carbonyl (C=O) groups excluding carboxylic acids is 4. The Balaban J connectivity index is 1.31. The zero-order valence-corrected chi connectivity index (χ0v) is 36.9. The summed E-state index contributed by atoms with van der Waals surface area (Å²) in [6.07, 6.45) is -0.191. The highest BCUT2D eigenvalue weighted by atomic mass is 79.9. The second-order valence-corrected chi connectivity index (χ2v) is 19.5. The van der Waals surface area contributed by atoms with Gasteiger partial charge in [0.2, 0.25) is 11.8 Å². The SMILES string of the molecule is CC1C[C@@H](C2CCCN2[C@@]2(C(=O)NC(=O)O)c3ccc(cc3)C2(C)CC(N)=O)N(c2ccc(Br)cc2)[C@]1(C)C1CCCN1[C@@]1(C(=O)NC(=O)O)c2ccc(cc2)C1(C)CC(N)=O. The minimum absolute atomic E-state index is 0.0823. The van der Waals surface area contributed by atoms with Crippen molar-refractivity contribution in [3.63, 3.8) is 0 Å². The molecule has 0 spiro atoms. The monoisotopic (exact) mass is 911 g/mol. The summed E-state index contributed by atoms with van der Waals surface area (Å²) in [4.78, 5) is 87.3. The standard InChI is InChI=1S/C46H54BrN7O8/c1-26-23-34(33-7-5-21-52(33)45(38(57)50-40(59)60)29-13-9-27(10-14-29)42(45,2)24-36(48)55)54(32-19-17-31(47)18-20-32)44(26,4)35-8-6-22-53(35)46(39(58)51-41(61)62)30-15-11-28(12-16-30)43(46,3)25-37(49)56/h9-20,26,33-35H,5-8,21-25H2,1-4H3,(H2,48,55)(H2,49,56)(H,50,57)(H,51,58)(H,59,60)(H,61,62)/t26?,33?,34-,35?,42?,43?,44-,45+,46+/m0/s1. The third-order valence-corrected chi connectivity index (χ3v) is 16.2. The number of rotatable bonds is 11. The van der Waals surface area contributed by atoms with Gasteiger partial charge in [-0.1, -0.05) is 85.2 Å². The maximum atomic E-state index is 15.0. The normalized spacial score (nSPS) is 33.7. The molecule has 0 saturated carbocycles. The number of nitrogens with two attached hydrogens (primary N) is 2. The number of fused-ring (bicyclic) bond motifs is 6. The van der Waals surface area contributed by atoms with Crippen LogP contribution in [0.25, 0.3) is 0 Å². The van der Waals surface area contributed by atoms with Gasteiger partial charge in [0.25, 0.3) is 11.8 Å². The fraction of sp³-hybridized carbons (Fsp3) is 0.478. The first-order valence-corrected chi connectivity index (χ1v) is 22.0. The molecular formula is C46H54BrN7O8. The van der Waals surface area contributed by atoms with Crippen LogP contribution in [0.4, 0.5) is 15.3 Å². The van der Waals surface area contributed by atoms with E-state index in [1.807, 2.05) is 86.6 Å². The lowest BCUT2D eigenvalue weighted by Gasteiger charge is -2.60. The lowest BCUT2D eigenvalue weighted by Crippen LogP contribution is -2.74. The predicted molar refractivity (Wildman–Crippen MR) is 233 cm³/mol. The molecule has 4 bridgehead atoms. The number of likely N-dealkylation sites (tertiary alicyclic amines) is 2. The number of primary amides is 2. The molecule has 4 aliphatic carbocycles. The first kappa shape index (κ1) is 43.3. The number of nitrogens with zero attached hydrogens (tertiary/aromatic N) is 3. The third-order valence-electron chi connectivity index (χ3n) is 15.7. The molecule has 8 N–H and O–H groups in total. The number of anilines is 1. The van der Waals surface area contributed by atoms with Crippen molar-refractivity contribution in [2.75, 3.05) is 18.0 Å². The Morgan fingerprint density at radius 1 is 0.661 bits per heavy atom. The van der Waals surface area contributed by atoms with Crippen molar-refractivity contribution in [2.45, 2.75) is 118 Å². The Morgan fingerprint density at radius 2 is 1.10 bits per heavy atom. The van der Waals surface area contributed by atoms with E-state index >= 15 is 0 Å². The molecule has 10 rings (SSSR count). The Morgan fingerprint density at radius 3 is 1.56 bits per heavy atom. The van der Waals surface area contributed by atoms with Crippen LogP contribution in [0.2, 0.25) is 0 Å². The molecule has 0 aromatic heterocycles. The highest BCUT2D eigenvalue weighted by Gasteiger charge is 2.70. The summed E-state index contributed by atoms with van der Waals surface area (Å²) in [5, 5.41) is 24.6. The molecule has 3 aromatic rings. The topological polar surface area (TPSA) is 229 Å². The molecule has 3 aliphatic heterocycles. The highest BCUT2D eigenvalue weighted by Crippen LogP contribution is 2.61. The molecule has 3 saturated heterocycles. The number of halogens is 1. The number of benzene rings is 3. The van der Waals surface area contributed by atoms with Gasteiger partial charge in [0, 0.05) is 52.0 Å².